The van der Waals surface area contributed by atoms with Gasteiger partial charge in [0, 0.05) is 0 Å². The van der Waals surface area contributed by atoms with Gasteiger partial charge in [0.25, 0.3) is 0 Å². The topological polar surface area (TPSA) is 29.5 Å². The smallest absolute Gasteiger partial charge is 0.0817 e. The highest BCUT2D eigenvalue weighted by Crippen LogP contribution is 2.34. The molecular weight excluding hydrogens is 128 g/mol. The molecule has 0 spiro atoms. The molecule has 1 saturated heterocycles. The Labute approximate surface area is 60.5 Å². The molecule has 10 heavy (non-hydrogen) atoms. The molecule has 0 bridgehead atoms. The van der Waals surface area contributed by atoms with Gasteiger partial charge in [-0.2, -0.15) is 0 Å². The van der Waals surface area contributed by atoms with Gasteiger partial charge in [-0.3, -0.25) is 0 Å². The van der Waals surface area contributed by atoms with E-state index in [0.717, 1.165) is 12.8 Å². The van der Waals surface area contributed by atoms with Crippen LogP contribution in [0.1, 0.15) is 12.8 Å². The summed E-state index contributed by atoms with van der Waals surface area (Å²) in [5.41, 5.74) is 0. The summed E-state index contributed by atoms with van der Waals surface area (Å²) in [6, 6.07) is 0. The Morgan fingerprint density at radius 1 is 1.60 bits per heavy atom. The van der Waals surface area contributed by atoms with E-state index in [-0.39, 0.29) is 12.7 Å². The summed E-state index contributed by atoms with van der Waals surface area (Å²) in [6.07, 6.45) is 6.88. The lowest BCUT2D eigenvalue weighted by Crippen LogP contribution is -2.12. The summed E-state index contributed by atoms with van der Waals surface area (Å²) in [7, 11) is 0. The summed E-state index contributed by atoms with van der Waals surface area (Å²) in [5, 5.41) is 8.77. The number of ether oxygens (including phenoxy) is 1. The first-order valence-electron chi connectivity index (χ1n) is 3.83. The number of hydrogen-bond acceptors (Lipinski definition) is 2. The molecule has 1 aliphatic carbocycles. The van der Waals surface area contributed by atoms with E-state index in [0.29, 0.717) is 12.0 Å². The number of fused-ring (bicyclic) bond motifs is 1. The second kappa shape index (κ2) is 2.36. The van der Waals surface area contributed by atoms with Gasteiger partial charge in [-0.15, -0.1) is 0 Å². The maximum Gasteiger partial charge on any atom is 0.0817 e. The van der Waals surface area contributed by atoms with Crippen molar-refractivity contribution in [2.45, 2.75) is 25.0 Å². The second-order valence-corrected chi connectivity index (χ2v) is 3.06. The van der Waals surface area contributed by atoms with Gasteiger partial charge in [-0.25, -0.2) is 0 Å². The molecule has 0 aromatic heterocycles. The van der Waals surface area contributed by atoms with Gasteiger partial charge in [0.15, 0.2) is 0 Å². The first-order chi connectivity index (χ1) is 4.90. The molecule has 1 N–H and O–H groups in total. The highest BCUT2D eigenvalue weighted by Gasteiger charge is 2.34. The third kappa shape index (κ3) is 0.879. The molecule has 0 aromatic carbocycles. The minimum atomic E-state index is 0.111. The van der Waals surface area contributed by atoms with E-state index in [4.69, 9.17) is 9.84 Å². The summed E-state index contributed by atoms with van der Waals surface area (Å²) < 4.78 is 5.50. The van der Waals surface area contributed by atoms with Crippen molar-refractivity contribution in [1.29, 1.82) is 0 Å². The van der Waals surface area contributed by atoms with Crippen LogP contribution in [0.4, 0.5) is 0 Å². The lowest BCUT2D eigenvalue weighted by Gasteiger charge is -2.06. The third-order valence-electron chi connectivity index (χ3n) is 2.35. The number of allylic oxidation sites excluding steroid dienone is 1. The van der Waals surface area contributed by atoms with Crippen molar-refractivity contribution in [2.75, 3.05) is 6.61 Å². The van der Waals surface area contributed by atoms with Crippen LogP contribution < -0.4 is 0 Å². The Morgan fingerprint density at radius 2 is 2.50 bits per heavy atom. The predicted molar refractivity (Wildman–Crippen MR) is 37.6 cm³/mol. The molecule has 0 amide bonds. The lowest BCUT2D eigenvalue weighted by atomic mass is 10.0. The van der Waals surface area contributed by atoms with Crippen molar-refractivity contribution >= 4 is 0 Å². The van der Waals surface area contributed by atoms with Crippen molar-refractivity contribution in [2.24, 2.45) is 5.92 Å². The summed E-state index contributed by atoms with van der Waals surface area (Å²) in [6.45, 7) is 0.181. The molecule has 1 aliphatic heterocycles. The van der Waals surface area contributed by atoms with Crippen molar-refractivity contribution in [3.05, 3.63) is 12.2 Å². The van der Waals surface area contributed by atoms with Crippen LogP contribution in [0.25, 0.3) is 0 Å². The van der Waals surface area contributed by atoms with Crippen LogP contribution in [0.5, 0.6) is 0 Å². The van der Waals surface area contributed by atoms with Gasteiger partial charge >= 0.3 is 0 Å². The van der Waals surface area contributed by atoms with E-state index in [9.17, 15) is 0 Å². The number of hydrogen-bond donors (Lipinski definition) is 1. The van der Waals surface area contributed by atoms with E-state index >= 15 is 0 Å². The molecular formula is C8H12O2. The Morgan fingerprint density at radius 3 is 3.20 bits per heavy atom. The van der Waals surface area contributed by atoms with Crippen LogP contribution in [0.3, 0.4) is 0 Å². The summed E-state index contributed by atoms with van der Waals surface area (Å²) in [5.74, 6) is 0.664. The largest absolute Gasteiger partial charge is 0.394 e. The number of aliphatic hydroxyl groups excluding tert-OH is 1. The number of aliphatic hydroxyl groups is 1. The molecule has 3 atom stereocenters. The maximum atomic E-state index is 8.77. The molecule has 0 aromatic rings. The summed E-state index contributed by atoms with van der Waals surface area (Å²) in [4.78, 5) is 0. The van der Waals surface area contributed by atoms with Gasteiger partial charge < -0.3 is 9.84 Å². The van der Waals surface area contributed by atoms with Crippen LogP contribution in [0.15, 0.2) is 12.2 Å². The highest BCUT2D eigenvalue weighted by molar-refractivity contribution is 5.06. The average Bonchev–Trinajstić information content (AvgIpc) is 2.42. The molecule has 0 radical (unpaired) electrons. The minimum Gasteiger partial charge on any atom is -0.394 e. The first kappa shape index (κ1) is 6.38. The molecule has 2 rings (SSSR count). The van der Waals surface area contributed by atoms with Crippen molar-refractivity contribution in [3.63, 3.8) is 0 Å². The Bertz CT molecular complexity index is 153. The molecule has 2 nitrogen and oxygen atoms in total. The zero-order valence-electron chi connectivity index (χ0n) is 5.86. The molecule has 0 saturated carbocycles. The quantitative estimate of drug-likeness (QED) is 0.543. The van der Waals surface area contributed by atoms with Gasteiger partial charge in [-0.05, 0) is 18.8 Å². The maximum absolute atomic E-state index is 8.77. The fraction of sp³-hybridized carbons (Fsp3) is 0.750. The molecule has 2 heteroatoms. The Balaban J connectivity index is 1.99. The van der Waals surface area contributed by atoms with Crippen LogP contribution in [-0.2, 0) is 4.74 Å². The standard InChI is InChI=1S/C8H12O2/c9-5-7-4-6-2-1-3-8(6)10-7/h1,3,6-9H,2,4-5H2. The Kier molecular flexibility index (Phi) is 1.51. The molecule has 1 fully saturated rings. The molecule has 2 aliphatic rings. The van der Waals surface area contributed by atoms with Gasteiger partial charge in [0.1, 0.15) is 0 Å². The SMILES string of the molecule is OCC1CC2CC=CC2O1. The van der Waals surface area contributed by atoms with Crippen molar-refractivity contribution < 1.29 is 9.84 Å². The molecule has 56 valence electrons. The van der Waals surface area contributed by atoms with Crippen LogP contribution in [-0.4, -0.2) is 23.9 Å². The van der Waals surface area contributed by atoms with Crippen LogP contribution in [0.2, 0.25) is 0 Å². The predicted octanol–water partition coefficient (Wildman–Crippen LogP) is 0.712. The van der Waals surface area contributed by atoms with E-state index < -0.39 is 0 Å². The average molecular weight is 140 g/mol. The molecule has 3 unspecified atom stereocenters. The second-order valence-electron chi connectivity index (χ2n) is 3.06. The fourth-order valence-corrected chi connectivity index (χ4v) is 1.80. The van der Waals surface area contributed by atoms with Crippen LogP contribution in [0, 0.1) is 5.92 Å². The Hall–Kier alpha value is -0.340. The highest BCUT2D eigenvalue weighted by atomic mass is 16.5. The van der Waals surface area contributed by atoms with Gasteiger partial charge in [-0.1, -0.05) is 12.2 Å². The number of rotatable bonds is 1. The molecule has 1 heterocycles. The van der Waals surface area contributed by atoms with E-state index in [2.05, 4.69) is 12.2 Å². The zero-order valence-corrected chi connectivity index (χ0v) is 5.86. The van der Waals surface area contributed by atoms with Crippen molar-refractivity contribution in [3.8, 4) is 0 Å². The van der Waals surface area contributed by atoms with Gasteiger partial charge in [0.05, 0.1) is 18.8 Å². The monoisotopic (exact) mass is 140 g/mol. The van der Waals surface area contributed by atoms with Gasteiger partial charge in [0.2, 0.25) is 0 Å². The van der Waals surface area contributed by atoms with Crippen molar-refractivity contribution in [1.82, 2.24) is 0 Å². The lowest BCUT2D eigenvalue weighted by molar-refractivity contribution is 0.0285. The third-order valence-corrected chi connectivity index (χ3v) is 2.35. The van der Waals surface area contributed by atoms with Crippen LogP contribution >= 0.6 is 0 Å². The summed E-state index contributed by atoms with van der Waals surface area (Å²) >= 11 is 0. The normalized spacial score (nSPS) is 44.3. The minimum absolute atomic E-state index is 0.111. The van der Waals surface area contributed by atoms with E-state index in [1.54, 1.807) is 0 Å². The zero-order chi connectivity index (χ0) is 6.97. The first-order valence-corrected chi connectivity index (χ1v) is 3.83. The fourth-order valence-electron chi connectivity index (χ4n) is 1.80. The van der Waals surface area contributed by atoms with E-state index in [1.807, 2.05) is 0 Å². The van der Waals surface area contributed by atoms with E-state index in [1.165, 1.54) is 0 Å².